The van der Waals surface area contributed by atoms with Gasteiger partial charge in [0.15, 0.2) is 0 Å². The molecule has 1 fully saturated rings. The van der Waals surface area contributed by atoms with E-state index in [2.05, 4.69) is 4.90 Å². The lowest BCUT2D eigenvalue weighted by Gasteiger charge is -2.29. The molecule has 3 N–H and O–H groups in total. The standard InChI is InChI=1S/C13H17FN2O2/c14-12-7-9(13(15)18)1-2-10(12)8-16-5-3-11(17)4-6-16/h1-2,7,11,17H,3-6,8H2,(H2,15,18). The Labute approximate surface area is 105 Å². The largest absolute Gasteiger partial charge is 0.393 e. The Morgan fingerprint density at radius 2 is 2.11 bits per heavy atom. The number of piperidine rings is 1. The summed E-state index contributed by atoms with van der Waals surface area (Å²) in [5.74, 6) is -1.03. The van der Waals surface area contributed by atoms with Gasteiger partial charge in [0.25, 0.3) is 0 Å². The van der Waals surface area contributed by atoms with Crippen LogP contribution in [-0.2, 0) is 6.54 Å². The van der Waals surface area contributed by atoms with E-state index in [4.69, 9.17) is 5.73 Å². The predicted molar refractivity (Wildman–Crippen MR) is 65.4 cm³/mol. The Hall–Kier alpha value is -1.46. The summed E-state index contributed by atoms with van der Waals surface area (Å²) in [5, 5.41) is 9.39. The van der Waals surface area contributed by atoms with E-state index >= 15 is 0 Å². The van der Waals surface area contributed by atoms with Gasteiger partial charge in [-0.1, -0.05) is 6.07 Å². The minimum atomic E-state index is -0.624. The minimum absolute atomic E-state index is 0.185. The van der Waals surface area contributed by atoms with E-state index in [-0.39, 0.29) is 11.7 Å². The number of hydrogen-bond acceptors (Lipinski definition) is 3. The summed E-state index contributed by atoms with van der Waals surface area (Å²) in [6, 6.07) is 4.32. The predicted octanol–water partition coefficient (Wildman–Crippen LogP) is 0.881. The molecule has 0 unspecified atom stereocenters. The van der Waals surface area contributed by atoms with Gasteiger partial charge in [0.2, 0.25) is 5.91 Å². The quantitative estimate of drug-likeness (QED) is 0.839. The van der Waals surface area contributed by atoms with E-state index < -0.39 is 11.7 Å². The number of nitrogens with two attached hydrogens (primary N) is 1. The first-order valence-electron chi connectivity index (χ1n) is 6.05. The van der Waals surface area contributed by atoms with E-state index in [1.165, 1.54) is 6.07 Å². The van der Waals surface area contributed by atoms with Crippen LogP contribution in [0, 0.1) is 5.82 Å². The van der Waals surface area contributed by atoms with Crippen LogP contribution in [0.5, 0.6) is 0 Å². The normalized spacial score (nSPS) is 17.9. The zero-order valence-corrected chi connectivity index (χ0v) is 10.1. The summed E-state index contributed by atoms with van der Waals surface area (Å²) < 4.78 is 13.8. The molecule has 1 aromatic rings. The van der Waals surface area contributed by atoms with Crippen molar-refractivity contribution < 1.29 is 14.3 Å². The molecule has 0 atom stereocenters. The van der Waals surface area contributed by atoms with Crippen LogP contribution in [0.1, 0.15) is 28.8 Å². The average Bonchev–Trinajstić information content (AvgIpc) is 2.34. The topological polar surface area (TPSA) is 66.6 Å². The molecular weight excluding hydrogens is 235 g/mol. The summed E-state index contributed by atoms with van der Waals surface area (Å²) in [5.41, 5.74) is 5.83. The monoisotopic (exact) mass is 252 g/mol. The first-order valence-corrected chi connectivity index (χ1v) is 6.05. The summed E-state index contributed by atoms with van der Waals surface area (Å²) in [4.78, 5) is 13.0. The van der Waals surface area contributed by atoms with Gasteiger partial charge >= 0.3 is 0 Å². The molecule has 4 nitrogen and oxygen atoms in total. The van der Waals surface area contributed by atoms with Crippen LogP contribution < -0.4 is 5.73 Å². The smallest absolute Gasteiger partial charge is 0.248 e. The van der Waals surface area contributed by atoms with Gasteiger partial charge in [0.1, 0.15) is 5.82 Å². The first-order chi connectivity index (χ1) is 8.56. The lowest BCUT2D eigenvalue weighted by molar-refractivity contribution is 0.0787. The maximum atomic E-state index is 13.8. The lowest BCUT2D eigenvalue weighted by atomic mass is 10.1. The number of nitrogens with zero attached hydrogens (tertiary/aromatic N) is 1. The van der Waals surface area contributed by atoms with Crippen molar-refractivity contribution >= 4 is 5.91 Å². The van der Waals surface area contributed by atoms with Crippen molar-refractivity contribution in [2.75, 3.05) is 13.1 Å². The molecule has 0 aromatic heterocycles. The number of primary amides is 1. The molecule has 1 aromatic carbocycles. The second-order valence-corrected chi connectivity index (χ2v) is 4.68. The van der Waals surface area contributed by atoms with Crippen molar-refractivity contribution in [3.63, 3.8) is 0 Å². The Balaban J connectivity index is 2.03. The van der Waals surface area contributed by atoms with Crippen molar-refractivity contribution in [3.8, 4) is 0 Å². The second-order valence-electron chi connectivity index (χ2n) is 4.68. The summed E-state index contributed by atoms with van der Waals surface area (Å²) in [6.45, 7) is 2.02. The zero-order valence-electron chi connectivity index (χ0n) is 10.1. The lowest BCUT2D eigenvalue weighted by Crippen LogP contribution is -2.35. The summed E-state index contributed by atoms with van der Waals surface area (Å²) in [7, 11) is 0. The highest BCUT2D eigenvalue weighted by Gasteiger charge is 2.18. The fourth-order valence-corrected chi connectivity index (χ4v) is 2.15. The molecule has 0 spiro atoms. The van der Waals surface area contributed by atoms with Gasteiger partial charge in [0, 0.05) is 30.8 Å². The molecule has 1 aliphatic rings. The van der Waals surface area contributed by atoms with Gasteiger partial charge in [-0.25, -0.2) is 4.39 Å². The van der Waals surface area contributed by atoms with Gasteiger partial charge < -0.3 is 10.8 Å². The van der Waals surface area contributed by atoms with Crippen LogP contribution in [0.3, 0.4) is 0 Å². The van der Waals surface area contributed by atoms with Crippen molar-refractivity contribution in [2.24, 2.45) is 5.73 Å². The number of carbonyl (C=O) groups is 1. The molecule has 0 bridgehead atoms. The number of aliphatic hydroxyl groups is 1. The molecule has 5 heteroatoms. The summed E-state index contributed by atoms with van der Waals surface area (Å²) in [6.07, 6.45) is 1.21. The molecule has 0 aliphatic carbocycles. The van der Waals surface area contributed by atoms with Crippen molar-refractivity contribution in [1.82, 2.24) is 4.90 Å². The van der Waals surface area contributed by atoms with Crippen LogP contribution in [0.4, 0.5) is 4.39 Å². The highest BCUT2D eigenvalue weighted by molar-refractivity contribution is 5.92. The fourth-order valence-electron chi connectivity index (χ4n) is 2.15. The van der Waals surface area contributed by atoms with E-state index in [0.717, 1.165) is 25.9 Å². The van der Waals surface area contributed by atoms with E-state index in [9.17, 15) is 14.3 Å². The number of benzene rings is 1. The molecule has 0 saturated carbocycles. The second kappa shape index (κ2) is 5.46. The molecule has 0 radical (unpaired) electrons. The maximum Gasteiger partial charge on any atom is 0.248 e. The number of aliphatic hydroxyl groups excluding tert-OH is 1. The first kappa shape index (κ1) is 13.0. The van der Waals surface area contributed by atoms with Crippen LogP contribution in [0.2, 0.25) is 0 Å². The highest BCUT2D eigenvalue weighted by atomic mass is 19.1. The Morgan fingerprint density at radius 3 is 2.67 bits per heavy atom. The van der Waals surface area contributed by atoms with Gasteiger partial charge in [-0.2, -0.15) is 0 Å². The van der Waals surface area contributed by atoms with Crippen LogP contribution in [-0.4, -0.2) is 35.1 Å². The molecule has 98 valence electrons. The average molecular weight is 252 g/mol. The zero-order chi connectivity index (χ0) is 13.1. The van der Waals surface area contributed by atoms with Crippen molar-refractivity contribution in [1.29, 1.82) is 0 Å². The fraction of sp³-hybridized carbons (Fsp3) is 0.462. The SMILES string of the molecule is NC(=O)c1ccc(CN2CCC(O)CC2)c(F)c1. The number of likely N-dealkylation sites (tertiary alicyclic amines) is 1. The van der Waals surface area contributed by atoms with E-state index in [1.54, 1.807) is 12.1 Å². The Kier molecular flexibility index (Phi) is 3.93. The minimum Gasteiger partial charge on any atom is -0.393 e. The van der Waals surface area contributed by atoms with Gasteiger partial charge in [-0.3, -0.25) is 9.69 Å². The van der Waals surface area contributed by atoms with Crippen LogP contribution >= 0.6 is 0 Å². The molecule has 2 rings (SSSR count). The third kappa shape index (κ3) is 3.05. The van der Waals surface area contributed by atoms with Crippen molar-refractivity contribution in [3.05, 3.63) is 35.1 Å². The van der Waals surface area contributed by atoms with Gasteiger partial charge in [-0.05, 0) is 25.0 Å². The molecule has 1 amide bonds. The molecule has 1 heterocycles. The maximum absolute atomic E-state index is 13.8. The molecular formula is C13H17FN2O2. The third-order valence-corrected chi connectivity index (χ3v) is 3.29. The third-order valence-electron chi connectivity index (χ3n) is 3.29. The van der Waals surface area contributed by atoms with Gasteiger partial charge in [0.05, 0.1) is 6.10 Å². The molecule has 1 saturated heterocycles. The van der Waals surface area contributed by atoms with Gasteiger partial charge in [-0.15, -0.1) is 0 Å². The molecule has 18 heavy (non-hydrogen) atoms. The van der Waals surface area contributed by atoms with Crippen LogP contribution in [0.15, 0.2) is 18.2 Å². The van der Waals surface area contributed by atoms with E-state index in [1.807, 2.05) is 0 Å². The van der Waals surface area contributed by atoms with Crippen LogP contribution in [0.25, 0.3) is 0 Å². The van der Waals surface area contributed by atoms with E-state index in [0.29, 0.717) is 12.1 Å². The number of rotatable bonds is 3. The number of hydrogen-bond donors (Lipinski definition) is 2. The Bertz CT molecular complexity index is 443. The highest BCUT2D eigenvalue weighted by Crippen LogP contribution is 2.16. The Morgan fingerprint density at radius 1 is 1.44 bits per heavy atom. The summed E-state index contributed by atoms with van der Waals surface area (Å²) >= 11 is 0. The molecule has 1 aliphatic heterocycles. The number of carbonyl (C=O) groups excluding carboxylic acids is 1. The number of amides is 1. The van der Waals surface area contributed by atoms with Crippen molar-refractivity contribution in [2.45, 2.75) is 25.5 Å². The number of halogens is 1.